The van der Waals surface area contributed by atoms with Gasteiger partial charge in [-0.05, 0) is 85.8 Å². The Morgan fingerprint density at radius 1 is 0.833 bits per heavy atom. The highest BCUT2D eigenvalue weighted by Gasteiger charge is 2.36. The Balaban J connectivity index is 1.59. The van der Waals surface area contributed by atoms with E-state index in [4.69, 9.17) is 34.8 Å². The highest BCUT2D eigenvalue weighted by atomic mass is 35.5. The van der Waals surface area contributed by atoms with Crippen LogP contribution in [0.5, 0.6) is 0 Å². The van der Waals surface area contributed by atoms with E-state index in [9.17, 15) is 18.0 Å². The Morgan fingerprint density at radius 3 is 2.17 bits per heavy atom. The molecule has 11 heteroatoms. The second-order valence-electron chi connectivity index (χ2n) is 12.2. The lowest BCUT2D eigenvalue weighted by atomic mass is 10.0. The molecular weight excluding hydrogens is 689 g/mol. The van der Waals surface area contributed by atoms with E-state index in [1.165, 1.54) is 17.0 Å². The zero-order chi connectivity index (χ0) is 34.4. The largest absolute Gasteiger partial charge is 0.352 e. The van der Waals surface area contributed by atoms with Crippen molar-refractivity contribution in [2.24, 2.45) is 0 Å². The lowest BCUT2D eigenvalue weighted by molar-refractivity contribution is -0.140. The Bertz CT molecular complexity index is 1860. The molecule has 0 unspecified atom stereocenters. The molecule has 1 aliphatic carbocycles. The van der Waals surface area contributed by atoms with Gasteiger partial charge >= 0.3 is 0 Å². The van der Waals surface area contributed by atoms with E-state index in [1.54, 1.807) is 55.5 Å². The van der Waals surface area contributed by atoms with E-state index in [-0.39, 0.29) is 29.8 Å². The Hall–Kier alpha value is -3.56. The molecule has 1 aliphatic rings. The fourth-order valence-electron chi connectivity index (χ4n) is 6.01. The van der Waals surface area contributed by atoms with Gasteiger partial charge in [0.2, 0.25) is 11.8 Å². The third-order valence-corrected chi connectivity index (χ3v) is 11.4. The van der Waals surface area contributed by atoms with Crippen molar-refractivity contribution in [1.82, 2.24) is 10.2 Å². The summed E-state index contributed by atoms with van der Waals surface area (Å²) < 4.78 is 29.7. The fraction of sp³-hybridized carbons (Fsp3) is 0.297. The van der Waals surface area contributed by atoms with Crippen molar-refractivity contribution in [3.05, 3.63) is 128 Å². The van der Waals surface area contributed by atoms with Crippen LogP contribution in [0.1, 0.15) is 47.9 Å². The molecule has 4 aromatic rings. The number of carbonyl (C=O) groups excluding carboxylic acids is 2. The molecule has 0 heterocycles. The van der Waals surface area contributed by atoms with Gasteiger partial charge in [-0.2, -0.15) is 0 Å². The smallest absolute Gasteiger partial charge is 0.264 e. The van der Waals surface area contributed by atoms with E-state index in [0.29, 0.717) is 31.9 Å². The van der Waals surface area contributed by atoms with Crippen molar-refractivity contribution in [3.8, 4) is 0 Å². The van der Waals surface area contributed by atoms with Crippen molar-refractivity contribution in [2.75, 3.05) is 10.8 Å². The molecule has 0 saturated heterocycles. The van der Waals surface area contributed by atoms with Gasteiger partial charge in [-0.1, -0.05) is 102 Å². The first-order valence-corrected chi connectivity index (χ1v) is 18.4. The number of nitrogens with zero attached hydrogens (tertiary/aromatic N) is 2. The average molecular weight is 727 g/mol. The van der Waals surface area contributed by atoms with Crippen LogP contribution in [0.25, 0.3) is 0 Å². The number of halogens is 3. The van der Waals surface area contributed by atoms with Gasteiger partial charge in [-0.15, -0.1) is 0 Å². The van der Waals surface area contributed by atoms with Crippen LogP contribution in [0.3, 0.4) is 0 Å². The summed E-state index contributed by atoms with van der Waals surface area (Å²) in [5, 5.41) is 4.27. The van der Waals surface area contributed by atoms with Crippen molar-refractivity contribution in [3.63, 3.8) is 0 Å². The van der Waals surface area contributed by atoms with Gasteiger partial charge < -0.3 is 10.2 Å². The molecule has 0 aromatic heterocycles. The predicted molar refractivity (Wildman–Crippen MR) is 193 cm³/mol. The third kappa shape index (κ3) is 8.72. The summed E-state index contributed by atoms with van der Waals surface area (Å²) in [7, 11) is -4.24. The molecule has 1 N–H and O–H groups in total. The molecule has 4 aromatic carbocycles. The van der Waals surface area contributed by atoms with Crippen molar-refractivity contribution < 1.29 is 18.0 Å². The Kier molecular flexibility index (Phi) is 11.7. The van der Waals surface area contributed by atoms with E-state index >= 15 is 0 Å². The van der Waals surface area contributed by atoms with Crippen LogP contribution < -0.4 is 9.62 Å². The zero-order valence-corrected chi connectivity index (χ0v) is 29.9. The van der Waals surface area contributed by atoms with E-state index < -0.39 is 28.5 Å². The number of anilines is 1. The summed E-state index contributed by atoms with van der Waals surface area (Å²) in [5.41, 5.74) is 3.26. The quantitative estimate of drug-likeness (QED) is 0.160. The fourth-order valence-corrected chi connectivity index (χ4v) is 8.03. The average Bonchev–Trinajstić information content (AvgIpc) is 3.57. The van der Waals surface area contributed by atoms with Gasteiger partial charge in [0.15, 0.2) is 0 Å². The molecule has 5 rings (SSSR count). The van der Waals surface area contributed by atoms with Crippen LogP contribution in [0.4, 0.5) is 5.69 Å². The summed E-state index contributed by atoms with van der Waals surface area (Å²) in [5.74, 6) is -0.858. The minimum Gasteiger partial charge on any atom is -0.352 e. The molecule has 0 bridgehead atoms. The number of nitrogens with one attached hydrogen (secondary N) is 1. The standard InChI is InChI=1S/C37H38Cl3N3O4S/c1-25-12-16-31(17-13-25)48(46,47)43(34-19-15-29(38)20-26(34)2)24-36(44)42(23-28-14-18-32(39)33(40)21-28)35(22-27-8-4-3-5-9-27)37(45)41-30-10-6-7-11-30/h3-5,8-9,12-21,30,35H,6-7,10-11,22-24H2,1-2H3,(H,41,45)/t35-/m0/s1. The summed E-state index contributed by atoms with van der Waals surface area (Å²) in [4.78, 5) is 30.4. The minimum atomic E-state index is -4.24. The third-order valence-electron chi connectivity index (χ3n) is 8.62. The van der Waals surface area contributed by atoms with Gasteiger partial charge in [0.05, 0.1) is 20.6 Å². The number of benzene rings is 4. The minimum absolute atomic E-state index is 0.00725. The highest BCUT2D eigenvalue weighted by molar-refractivity contribution is 7.92. The van der Waals surface area contributed by atoms with Crippen LogP contribution in [0.15, 0.2) is 95.9 Å². The molecule has 1 saturated carbocycles. The lowest BCUT2D eigenvalue weighted by Crippen LogP contribution is -2.54. The van der Waals surface area contributed by atoms with Crippen molar-refractivity contribution in [2.45, 2.75) is 69.5 Å². The second kappa shape index (κ2) is 15.8. The summed E-state index contributed by atoms with van der Waals surface area (Å²) in [6.07, 6.45) is 3.99. The van der Waals surface area contributed by atoms with E-state index in [0.717, 1.165) is 41.1 Å². The van der Waals surface area contributed by atoms with Gasteiger partial charge in [0.25, 0.3) is 10.0 Å². The molecule has 7 nitrogen and oxygen atoms in total. The summed E-state index contributed by atoms with van der Waals surface area (Å²) in [6.45, 7) is 3.03. The van der Waals surface area contributed by atoms with E-state index in [1.807, 2.05) is 37.3 Å². The van der Waals surface area contributed by atoms with E-state index in [2.05, 4.69) is 5.32 Å². The van der Waals surface area contributed by atoms with Crippen LogP contribution in [-0.4, -0.2) is 43.8 Å². The van der Waals surface area contributed by atoms with Gasteiger partial charge in [0.1, 0.15) is 12.6 Å². The van der Waals surface area contributed by atoms with Crippen LogP contribution in [0.2, 0.25) is 15.1 Å². The maximum atomic E-state index is 14.7. The first-order valence-electron chi connectivity index (χ1n) is 15.9. The topological polar surface area (TPSA) is 86.8 Å². The zero-order valence-electron chi connectivity index (χ0n) is 26.8. The van der Waals surface area contributed by atoms with Crippen molar-refractivity contribution in [1.29, 1.82) is 0 Å². The molecule has 0 aliphatic heterocycles. The second-order valence-corrected chi connectivity index (χ2v) is 15.3. The number of amides is 2. The van der Waals surface area contributed by atoms with Gasteiger partial charge in [0, 0.05) is 24.0 Å². The summed E-state index contributed by atoms with van der Waals surface area (Å²) >= 11 is 18.9. The molecule has 1 fully saturated rings. The number of sulfonamides is 1. The molecule has 0 radical (unpaired) electrons. The maximum absolute atomic E-state index is 14.7. The first kappa shape index (κ1) is 35.7. The number of aryl methyl sites for hydroxylation is 2. The van der Waals surface area contributed by atoms with Gasteiger partial charge in [-0.3, -0.25) is 13.9 Å². The Morgan fingerprint density at radius 2 is 1.52 bits per heavy atom. The van der Waals surface area contributed by atoms with Crippen LogP contribution in [-0.2, 0) is 32.6 Å². The number of rotatable bonds is 12. The number of hydrogen-bond donors (Lipinski definition) is 1. The first-order chi connectivity index (χ1) is 22.9. The van der Waals surface area contributed by atoms with Crippen LogP contribution in [0, 0.1) is 13.8 Å². The van der Waals surface area contributed by atoms with Gasteiger partial charge in [-0.25, -0.2) is 8.42 Å². The highest BCUT2D eigenvalue weighted by Crippen LogP contribution is 2.30. The lowest BCUT2D eigenvalue weighted by Gasteiger charge is -2.34. The van der Waals surface area contributed by atoms with Crippen molar-refractivity contribution >= 4 is 62.3 Å². The number of hydrogen-bond acceptors (Lipinski definition) is 4. The SMILES string of the molecule is Cc1ccc(S(=O)(=O)N(CC(=O)N(Cc2ccc(Cl)c(Cl)c2)[C@@H](Cc2ccccc2)C(=O)NC2CCCC2)c2ccc(Cl)cc2C)cc1. The molecule has 252 valence electrons. The Labute approximate surface area is 297 Å². The molecule has 2 amide bonds. The van der Waals surface area contributed by atoms with Crippen LogP contribution >= 0.6 is 34.8 Å². The molecule has 1 atom stereocenters. The molecular formula is C37H38Cl3N3O4S. The summed E-state index contributed by atoms with van der Waals surface area (Å²) in [6, 6.07) is 24.8. The number of carbonyl (C=O) groups is 2. The predicted octanol–water partition coefficient (Wildman–Crippen LogP) is 8.16. The monoisotopic (exact) mass is 725 g/mol. The molecule has 0 spiro atoms. The normalized spacial score (nSPS) is 14.0. The maximum Gasteiger partial charge on any atom is 0.264 e. The molecule has 48 heavy (non-hydrogen) atoms.